The first-order valence-corrected chi connectivity index (χ1v) is 13.2. The molecule has 0 spiro atoms. The van der Waals surface area contributed by atoms with Crippen molar-refractivity contribution < 1.29 is 42.5 Å². The van der Waals surface area contributed by atoms with E-state index in [0.717, 1.165) is 4.57 Å². The number of para-hydroxylation sites is 1. The quantitative estimate of drug-likeness (QED) is 0.143. The smallest absolute Gasteiger partial charge is 0.459 e. The summed E-state index contributed by atoms with van der Waals surface area (Å²) in [5, 5.41) is 24.1. The number of ether oxygens (including phenoxy) is 2. The van der Waals surface area contributed by atoms with E-state index in [-0.39, 0.29) is 16.3 Å². The Hall–Kier alpha value is -2.89. The van der Waals surface area contributed by atoms with Gasteiger partial charge in [-0.05, 0) is 51.2 Å². The van der Waals surface area contributed by atoms with E-state index in [9.17, 15) is 19.6 Å². The van der Waals surface area contributed by atoms with Crippen LogP contribution in [-0.4, -0.2) is 62.0 Å². The molecule has 0 aliphatic carbocycles. The number of nitrogens with one attached hydrogen (secondary N) is 1. The van der Waals surface area contributed by atoms with E-state index in [1.54, 1.807) is 32.0 Å². The first-order valence-electron chi connectivity index (χ1n) is 11.3. The maximum absolute atomic E-state index is 16.0. The van der Waals surface area contributed by atoms with Crippen LogP contribution in [0.1, 0.15) is 27.0 Å². The molecular formula is C23H28FN4O8PS. The van der Waals surface area contributed by atoms with Gasteiger partial charge in [-0.15, -0.1) is 6.42 Å². The number of halogens is 1. The molecule has 1 saturated heterocycles. The molecule has 0 bridgehead atoms. The van der Waals surface area contributed by atoms with Gasteiger partial charge in [0.15, 0.2) is 12.3 Å². The second-order valence-electron chi connectivity index (χ2n) is 8.68. The van der Waals surface area contributed by atoms with Gasteiger partial charge in [-0.25, -0.2) is 13.9 Å². The lowest BCUT2D eigenvalue weighted by molar-refractivity contribution is -0.203. The summed E-state index contributed by atoms with van der Waals surface area (Å²) in [5.74, 6) is -1.98. The first kappa shape index (κ1) is 29.7. The number of nitrogen functional groups attached to an aromatic ring is 1. The van der Waals surface area contributed by atoms with Gasteiger partial charge in [0.25, 0.3) is 5.85 Å². The molecule has 2 heterocycles. The Morgan fingerprint density at radius 3 is 2.63 bits per heavy atom. The van der Waals surface area contributed by atoms with Crippen LogP contribution in [0.4, 0.5) is 10.2 Å². The van der Waals surface area contributed by atoms with E-state index >= 15 is 4.39 Å². The number of nitrogens with zero attached hydrogens (tertiary/aromatic N) is 2. The predicted octanol–water partition coefficient (Wildman–Crippen LogP) is 2.25. The standard InChI is InChI=1S/C23H28FN4O8PS/c1-5-22(31)19(30)23(24,35-20(22)28-12-11-17(25)26-21(28)38)13-33-37(32,36-16-9-7-6-8-10-16)27-15(4)18(29)34-14(2)3/h1,6-12,14-15,19-20,30-31H,13H2,2-4H3,(H,27,32)(H2,25,26,38)/t15-,19+,20+,22?,23+,37?/m0/s1. The summed E-state index contributed by atoms with van der Waals surface area (Å²) in [4.78, 5) is 16.1. The summed E-state index contributed by atoms with van der Waals surface area (Å²) in [6, 6.07) is 7.81. The molecule has 15 heteroatoms. The molecule has 1 aromatic carbocycles. The number of aromatic nitrogens is 2. The van der Waals surface area contributed by atoms with Crippen LogP contribution in [0, 0.1) is 17.1 Å². The van der Waals surface area contributed by atoms with Crippen LogP contribution in [0.3, 0.4) is 0 Å². The number of alkyl halides is 1. The molecule has 12 nitrogen and oxygen atoms in total. The number of aliphatic hydroxyl groups excluding tert-OH is 1. The Morgan fingerprint density at radius 2 is 2.05 bits per heavy atom. The highest BCUT2D eigenvalue weighted by Crippen LogP contribution is 2.50. The van der Waals surface area contributed by atoms with E-state index in [2.05, 4.69) is 10.1 Å². The molecule has 1 aromatic heterocycles. The van der Waals surface area contributed by atoms with Crippen LogP contribution in [-0.2, 0) is 23.4 Å². The Labute approximate surface area is 223 Å². The minimum atomic E-state index is -4.55. The molecule has 2 unspecified atom stereocenters. The number of hydrogen-bond acceptors (Lipinski definition) is 11. The highest BCUT2D eigenvalue weighted by atomic mass is 32.1. The van der Waals surface area contributed by atoms with Gasteiger partial charge in [0.2, 0.25) is 10.4 Å². The van der Waals surface area contributed by atoms with E-state index in [1.165, 1.54) is 31.3 Å². The predicted molar refractivity (Wildman–Crippen MR) is 136 cm³/mol. The average molecular weight is 571 g/mol. The molecule has 6 atom stereocenters. The van der Waals surface area contributed by atoms with Gasteiger partial charge < -0.3 is 29.9 Å². The Morgan fingerprint density at radius 1 is 1.39 bits per heavy atom. The summed E-state index contributed by atoms with van der Waals surface area (Å²) in [7, 11) is -4.55. The van der Waals surface area contributed by atoms with Crippen molar-refractivity contribution in [3.8, 4) is 18.1 Å². The zero-order chi connectivity index (χ0) is 28.3. The molecule has 0 saturated carbocycles. The number of aliphatic hydroxyl groups is 2. The van der Waals surface area contributed by atoms with Crippen molar-refractivity contribution in [2.75, 3.05) is 12.3 Å². The molecule has 1 aliphatic rings. The third-order valence-electron chi connectivity index (χ3n) is 5.30. The Bertz CT molecular complexity index is 1310. The fourth-order valence-corrected chi connectivity index (χ4v) is 5.21. The van der Waals surface area contributed by atoms with Crippen LogP contribution in [0.15, 0.2) is 42.6 Å². The number of hydrogen-bond donors (Lipinski definition) is 4. The molecule has 1 fully saturated rings. The lowest BCUT2D eigenvalue weighted by Crippen LogP contribution is -2.50. The van der Waals surface area contributed by atoms with Crippen LogP contribution in [0.25, 0.3) is 0 Å². The Balaban J connectivity index is 1.89. The molecule has 1 aliphatic heterocycles. The summed E-state index contributed by atoms with van der Waals surface area (Å²) >= 11 is 5.10. The first-order chi connectivity index (χ1) is 17.7. The number of carbonyl (C=O) groups is 1. The van der Waals surface area contributed by atoms with Crippen LogP contribution in [0.2, 0.25) is 0 Å². The van der Waals surface area contributed by atoms with E-state index in [4.69, 9.17) is 42.9 Å². The number of carbonyl (C=O) groups excluding carboxylic acids is 1. The summed E-state index contributed by atoms with van der Waals surface area (Å²) < 4.78 is 51.6. The molecular weight excluding hydrogens is 542 g/mol. The van der Waals surface area contributed by atoms with Gasteiger partial charge in [0, 0.05) is 6.20 Å². The third-order valence-corrected chi connectivity index (χ3v) is 7.23. The van der Waals surface area contributed by atoms with E-state index in [0.29, 0.717) is 0 Å². The maximum Gasteiger partial charge on any atom is 0.459 e. The van der Waals surface area contributed by atoms with Crippen LogP contribution in [0.5, 0.6) is 5.75 Å². The molecule has 5 N–H and O–H groups in total. The fourth-order valence-electron chi connectivity index (χ4n) is 3.45. The Kier molecular flexibility index (Phi) is 8.95. The number of rotatable bonds is 10. The molecule has 3 rings (SSSR count). The van der Waals surface area contributed by atoms with Crippen molar-refractivity contribution >= 4 is 31.8 Å². The third kappa shape index (κ3) is 6.39. The SMILES string of the molecule is C#CC1(O)[C@@H](O)[C@@](F)(COP(=O)(N[C@@H](C)C(=O)OC(C)C)Oc2ccccc2)O[C@H]1n1ccc(N)nc1=S. The number of terminal acetylenes is 1. The monoisotopic (exact) mass is 570 g/mol. The highest BCUT2D eigenvalue weighted by Gasteiger charge is 2.65. The van der Waals surface area contributed by atoms with Gasteiger partial charge in [-0.2, -0.15) is 5.09 Å². The largest absolute Gasteiger partial charge is 0.462 e. The number of anilines is 1. The topological polar surface area (TPSA) is 167 Å². The molecule has 0 amide bonds. The molecule has 38 heavy (non-hydrogen) atoms. The molecule has 206 valence electrons. The van der Waals surface area contributed by atoms with Crippen molar-refractivity contribution in [1.82, 2.24) is 14.6 Å². The lowest BCUT2D eigenvalue weighted by Gasteiger charge is -2.28. The lowest BCUT2D eigenvalue weighted by atomic mass is 9.94. The second kappa shape index (κ2) is 11.5. The average Bonchev–Trinajstić information content (AvgIpc) is 3.05. The number of esters is 1. The van der Waals surface area contributed by atoms with Crippen molar-refractivity contribution in [1.29, 1.82) is 0 Å². The van der Waals surface area contributed by atoms with E-state index in [1.807, 2.05) is 5.92 Å². The summed E-state index contributed by atoms with van der Waals surface area (Å²) in [6.07, 6.45) is 2.03. The van der Waals surface area contributed by atoms with Crippen molar-refractivity contribution in [2.24, 2.45) is 0 Å². The van der Waals surface area contributed by atoms with E-state index < -0.39 is 56.3 Å². The van der Waals surface area contributed by atoms with Gasteiger partial charge in [-0.1, -0.05) is 24.1 Å². The highest BCUT2D eigenvalue weighted by molar-refractivity contribution is 7.71. The van der Waals surface area contributed by atoms with Crippen molar-refractivity contribution in [2.45, 2.75) is 56.7 Å². The minimum Gasteiger partial charge on any atom is -0.462 e. The van der Waals surface area contributed by atoms with Gasteiger partial charge in [0.05, 0.1) is 6.10 Å². The molecule has 2 aromatic rings. The summed E-state index contributed by atoms with van der Waals surface area (Å²) in [5.41, 5.74) is 2.94. The van der Waals surface area contributed by atoms with Gasteiger partial charge in [-0.3, -0.25) is 13.9 Å². The maximum atomic E-state index is 16.0. The summed E-state index contributed by atoms with van der Waals surface area (Å²) in [6.45, 7) is 3.33. The van der Waals surface area contributed by atoms with Crippen molar-refractivity contribution in [3.63, 3.8) is 0 Å². The number of benzene rings is 1. The fraction of sp³-hybridized carbons (Fsp3) is 0.435. The number of nitrogens with two attached hydrogens (primary N) is 1. The van der Waals surface area contributed by atoms with Gasteiger partial charge >= 0.3 is 13.7 Å². The normalized spacial score (nSPS) is 27.3. The van der Waals surface area contributed by atoms with Crippen molar-refractivity contribution in [3.05, 3.63) is 47.4 Å². The second-order valence-corrected chi connectivity index (χ2v) is 10.7. The zero-order valence-electron chi connectivity index (χ0n) is 20.7. The minimum absolute atomic E-state index is 0.0408. The van der Waals surface area contributed by atoms with Crippen LogP contribution < -0.4 is 15.3 Å². The molecule has 0 radical (unpaired) electrons. The zero-order valence-corrected chi connectivity index (χ0v) is 22.4. The van der Waals surface area contributed by atoms with Gasteiger partial charge in [0.1, 0.15) is 24.2 Å². The van der Waals surface area contributed by atoms with Crippen LogP contribution >= 0.6 is 20.0 Å².